The van der Waals surface area contributed by atoms with Crippen molar-refractivity contribution in [2.75, 3.05) is 26.3 Å². The molecule has 2 aromatic carbocycles. The lowest BCUT2D eigenvalue weighted by atomic mass is 9.76. The molecule has 2 saturated carbocycles. The number of benzene rings is 2. The summed E-state index contributed by atoms with van der Waals surface area (Å²) in [6.07, 6.45) is 20.7. The maximum Gasteiger partial charge on any atom is 0.240 e. The van der Waals surface area contributed by atoms with Gasteiger partial charge in [0.15, 0.2) is 5.78 Å². The molecule has 4 heterocycles. The summed E-state index contributed by atoms with van der Waals surface area (Å²) in [5.41, 5.74) is 18.2. The number of fused-ring (bicyclic) bond motifs is 2. The molecule has 6 N–H and O–H groups in total. The van der Waals surface area contributed by atoms with Crippen LogP contribution in [0.2, 0.25) is 0 Å². The third kappa shape index (κ3) is 8.18. The van der Waals surface area contributed by atoms with Crippen LogP contribution in [0, 0.1) is 11.8 Å². The number of nitrogens with zero attached hydrogens (tertiary/aromatic N) is 2. The second kappa shape index (κ2) is 17.7. The zero-order chi connectivity index (χ0) is 37.7. The lowest BCUT2D eigenvalue weighted by molar-refractivity contribution is -0.135. The molecule has 2 saturated heterocycles. The van der Waals surface area contributed by atoms with Gasteiger partial charge < -0.3 is 36.0 Å². The SMILES string of the molecule is NC(C(=O)C(c1cn(CCOCCC(c2c[nH]c3ccccc23)C2CCCN2C(=O)C(N)C2CCCCC2)c2ccccc12)C1CCCN1)C1CCCCC1. The Labute approximate surface area is 327 Å². The highest BCUT2D eigenvalue weighted by molar-refractivity contribution is 5.96. The highest BCUT2D eigenvalue weighted by Crippen LogP contribution is 2.39. The Morgan fingerprint density at radius 3 is 2.22 bits per heavy atom. The zero-order valence-electron chi connectivity index (χ0n) is 32.8. The number of amides is 1. The Hall–Kier alpha value is -3.50. The number of hydrogen-bond acceptors (Lipinski definition) is 6. The van der Waals surface area contributed by atoms with E-state index in [1.165, 1.54) is 49.5 Å². The molecule has 9 nitrogen and oxygen atoms in total. The molecule has 0 bridgehead atoms. The molecule has 6 atom stereocenters. The van der Waals surface area contributed by atoms with Gasteiger partial charge in [-0.05, 0) is 99.4 Å². The molecule has 296 valence electrons. The number of H-pyrrole nitrogens is 1. The molecular formula is C46H64N6O3. The Kier molecular flexibility index (Phi) is 12.4. The van der Waals surface area contributed by atoms with Gasteiger partial charge in [-0.25, -0.2) is 0 Å². The van der Waals surface area contributed by atoms with Gasteiger partial charge >= 0.3 is 0 Å². The highest BCUT2D eigenvalue weighted by atomic mass is 16.5. The third-order valence-corrected chi connectivity index (χ3v) is 14.0. The maximum absolute atomic E-state index is 14.4. The fourth-order valence-corrected chi connectivity index (χ4v) is 11.0. The monoisotopic (exact) mass is 749 g/mol. The van der Waals surface area contributed by atoms with Crippen molar-refractivity contribution in [1.82, 2.24) is 19.8 Å². The normalized spacial score (nSPS) is 23.7. The van der Waals surface area contributed by atoms with Crippen LogP contribution in [-0.2, 0) is 20.9 Å². The first-order valence-electron chi connectivity index (χ1n) is 21.8. The molecule has 2 aliphatic heterocycles. The molecule has 2 aliphatic carbocycles. The van der Waals surface area contributed by atoms with E-state index in [1.807, 2.05) is 0 Å². The number of carbonyl (C=O) groups excluding carboxylic acids is 2. The van der Waals surface area contributed by atoms with Crippen molar-refractivity contribution in [1.29, 1.82) is 0 Å². The van der Waals surface area contributed by atoms with Gasteiger partial charge in [0.2, 0.25) is 5.91 Å². The van der Waals surface area contributed by atoms with Gasteiger partial charge in [0.1, 0.15) is 0 Å². The molecule has 4 aromatic rings. The molecule has 4 fully saturated rings. The van der Waals surface area contributed by atoms with Crippen LogP contribution in [0.3, 0.4) is 0 Å². The Morgan fingerprint density at radius 2 is 1.47 bits per heavy atom. The summed E-state index contributed by atoms with van der Waals surface area (Å²) >= 11 is 0. The van der Waals surface area contributed by atoms with E-state index in [0.717, 1.165) is 92.9 Å². The zero-order valence-corrected chi connectivity index (χ0v) is 32.8. The summed E-state index contributed by atoms with van der Waals surface area (Å²) in [7, 11) is 0. The van der Waals surface area contributed by atoms with E-state index in [1.54, 1.807) is 0 Å². The number of aromatic amines is 1. The van der Waals surface area contributed by atoms with Crippen LogP contribution in [0.25, 0.3) is 21.8 Å². The number of nitrogens with two attached hydrogens (primary N) is 2. The number of aromatic nitrogens is 2. The average Bonchev–Trinajstić information content (AvgIpc) is 4.07. The van der Waals surface area contributed by atoms with Gasteiger partial charge in [-0.15, -0.1) is 0 Å². The fraction of sp³-hybridized carbons (Fsp3) is 0.609. The van der Waals surface area contributed by atoms with Crippen LogP contribution >= 0.6 is 0 Å². The summed E-state index contributed by atoms with van der Waals surface area (Å²) in [4.78, 5) is 34.1. The van der Waals surface area contributed by atoms with Crippen LogP contribution in [0.4, 0.5) is 0 Å². The second-order valence-corrected chi connectivity index (χ2v) is 17.3. The van der Waals surface area contributed by atoms with E-state index in [0.29, 0.717) is 25.7 Å². The second-order valence-electron chi connectivity index (χ2n) is 17.3. The first-order chi connectivity index (χ1) is 27.0. The fourth-order valence-electron chi connectivity index (χ4n) is 11.0. The van der Waals surface area contributed by atoms with Gasteiger partial charge in [0, 0.05) is 71.9 Å². The molecule has 6 unspecified atom stereocenters. The number of carbonyl (C=O) groups is 2. The maximum atomic E-state index is 14.4. The van der Waals surface area contributed by atoms with Gasteiger partial charge in [0.25, 0.3) is 0 Å². The summed E-state index contributed by atoms with van der Waals surface area (Å²) < 4.78 is 8.79. The van der Waals surface area contributed by atoms with Crippen molar-refractivity contribution in [3.05, 3.63) is 72.1 Å². The number of hydrogen-bond donors (Lipinski definition) is 4. The van der Waals surface area contributed by atoms with Gasteiger partial charge in [-0.2, -0.15) is 0 Å². The van der Waals surface area contributed by atoms with Crippen LogP contribution in [0.15, 0.2) is 60.9 Å². The Balaban J connectivity index is 0.977. The number of ether oxygens (including phenoxy) is 1. The highest BCUT2D eigenvalue weighted by Gasteiger charge is 2.41. The molecule has 2 aromatic heterocycles. The predicted molar refractivity (Wildman–Crippen MR) is 221 cm³/mol. The summed E-state index contributed by atoms with van der Waals surface area (Å²) in [6.45, 7) is 3.56. The number of Topliss-reactive ketones (excluding diaryl/α,β-unsaturated/α-hetero) is 1. The van der Waals surface area contributed by atoms with E-state index >= 15 is 0 Å². The standard InChI is InChI=1S/C46H64N6O3/c47-43(31-13-3-1-4-14-31)45(53)42(39-20-11-24-49-39)37-30-51(40-21-10-8-18-34(37)40)26-28-55-27-23-35(36-29-50-38-19-9-7-17-33(36)38)41-22-12-25-52(41)46(54)44(48)32-15-5-2-6-16-32/h7-10,17-19,21,29-32,35,39,41-44,49-50H,1-6,11-16,20,22-28,47-48H2. The number of ketones is 1. The third-order valence-electron chi connectivity index (χ3n) is 14.0. The molecule has 9 heteroatoms. The lowest BCUT2D eigenvalue weighted by Gasteiger charge is -2.36. The van der Waals surface area contributed by atoms with Gasteiger partial charge in [-0.3, -0.25) is 9.59 Å². The largest absolute Gasteiger partial charge is 0.380 e. The van der Waals surface area contributed by atoms with E-state index in [9.17, 15) is 9.59 Å². The molecular weight excluding hydrogens is 685 g/mol. The number of para-hydroxylation sites is 2. The quantitative estimate of drug-likeness (QED) is 0.0931. The van der Waals surface area contributed by atoms with Crippen molar-refractivity contribution < 1.29 is 14.3 Å². The van der Waals surface area contributed by atoms with E-state index in [-0.39, 0.29) is 41.5 Å². The molecule has 0 spiro atoms. The number of nitrogens with one attached hydrogen (secondary N) is 2. The number of likely N-dealkylation sites (tertiary alicyclic amines) is 1. The Morgan fingerprint density at radius 1 is 0.764 bits per heavy atom. The topological polar surface area (TPSA) is 131 Å². The smallest absolute Gasteiger partial charge is 0.240 e. The lowest BCUT2D eigenvalue weighted by Crippen LogP contribution is -2.51. The van der Waals surface area contributed by atoms with E-state index in [4.69, 9.17) is 16.2 Å². The van der Waals surface area contributed by atoms with Crippen molar-refractivity contribution in [2.45, 2.75) is 139 Å². The molecule has 8 rings (SSSR count). The molecule has 4 aliphatic rings. The van der Waals surface area contributed by atoms with Crippen molar-refractivity contribution in [2.24, 2.45) is 23.3 Å². The van der Waals surface area contributed by atoms with Crippen LogP contribution in [-0.4, -0.2) is 76.6 Å². The van der Waals surface area contributed by atoms with Crippen LogP contribution in [0.5, 0.6) is 0 Å². The summed E-state index contributed by atoms with van der Waals surface area (Å²) in [5.74, 6) is 0.792. The van der Waals surface area contributed by atoms with Crippen LogP contribution in [0.1, 0.15) is 119 Å². The molecule has 55 heavy (non-hydrogen) atoms. The minimum absolute atomic E-state index is 0.0968. The first kappa shape index (κ1) is 38.4. The van der Waals surface area contributed by atoms with E-state index < -0.39 is 12.1 Å². The number of rotatable bonds is 15. The van der Waals surface area contributed by atoms with Crippen molar-refractivity contribution in [3.63, 3.8) is 0 Å². The van der Waals surface area contributed by atoms with Gasteiger partial charge in [-0.1, -0.05) is 74.9 Å². The Bertz CT molecular complexity index is 1880. The minimum Gasteiger partial charge on any atom is -0.380 e. The molecule has 0 radical (unpaired) electrons. The average molecular weight is 749 g/mol. The van der Waals surface area contributed by atoms with Gasteiger partial charge in [0.05, 0.1) is 24.6 Å². The molecule has 1 amide bonds. The van der Waals surface area contributed by atoms with Crippen molar-refractivity contribution >= 4 is 33.5 Å². The van der Waals surface area contributed by atoms with Crippen molar-refractivity contribution in [3.8, 4) is 0 Å². The van der Waals surface area contributed by atoms with E-state index in [2.05, 4.69) is 80.7 Å². The summed E-state index contributed by atoms with van der Waals surface area (Å²) in [5, 5.41) is 6.03. The summed E-state index contributed by atoms with van der Waals surface area (Å²) in [6, 6.07) is 16.4. The minimum atomic E-state index is -0.419. The van der Waals surface area contributed by atoms with Crippen LogP contribution < -0.4 is 16.8 Å². The first-order valence-corrected chi connectivity index (χ1v) is 21.8. The predicted octanol–water partition coefficient (Wildman–Crippen LogP) is 7.52.